The van der Waals surface area contributed by atoms with Gasteiger partial charge in [0.25, 0.3) is 5.91 Å². The lowest BCUT2D eigenvalue weighted by molar-refractivity contribution is -0.134. The van der Waals surface area contributed by atoms with Crippen LogP contribution in [0, 0.1) is 0 Å². The van der Waals surface area contributed by atoms with Gasteiger partial charge in [-0.2, -0.15) is 5.10 Å². The van der Waals surface area contributed by atoms with Crippen LogP contribution in [0.4, 0.5) is 0 Å². The molecule has 1 fully saturated rings. The number of aromatic nitrogens is 3. The Bertz CT molecular complexity index is 1190. The average molecular weight is 451 g/mol. The molecule has 10 heteroatoms. The van der Waals surface area contributed by atoms with Crippen LogP contribution in [0.15, 0.2) is 36.5 Å². The molecule has 0 aliphatic carbocycles. The Labute approximate surface area is 190 Å². The number of nitrogens with one attached hydrogen (secondary N) is 2. The summed E-state index contributed by atoms with van der Waals surface area (Å²) in [7, 11) is 1.78. The van der Waals surface area contributed by atoms with Crippen molar-refractivity contribution in [2.75, 3.05) is 13.2 Å². The zero-order valence-corrected chi connectivity index (χ0v) is 18.5. The maximum absolute atomic E-state index is 12.3. The van der Waals surface area contributed by atoms with E-state index in [1.165, 1.54) is 0 Å². The topological polar surface area (TPSA) is 124 Å². The third-order valence-corrected chi connectivity index (χ3v) is 5.37. The number of pyridine rings is 1. The van der Waals surface area contributed by atoms with Crippen molar-refractivity contribution in [3.8, 4) is 11.6 Å². The molecular weight excluding hydrogens is 426 g/mol. The van der Waals surface area contributed by atoms with Crippen LogP contribution in [-0.2, 0) is 28.0 Å². The number of hydrogen-bond acceptors (Lipinski definition) is 7. The van der Waals surface area contributed by atoms with Gasteiger partial charge in [-0.05, 0) is 31.0 Å². The number of carbonyl (C=O) groups excluding carboxylic acids is 3. The highest BCUT2D eigenvalue weighted by atomic mass is 16.5. The van der Waals surface area contributed by atoms with E-state index >= 15 is 0 Å². The third-order valence-electron chi connectivity index (χ3n) is 5.37. The second-order valence-corrected chi connectivity index (χ2v) is 7.69. The molecule has 1 aromatic carbocycles. The molecule has 33 heavy (non-hydrogen) atoms. The van der Waals surface area contributed by atoms with E-state index in [0.717, 1.165) is 16.5 Å². The zero-order valence-electron chi connectivity index (χ0n) is 18.5. The molecule has 2 N–H and O–H groups in total. The first kappa shape index (κ1) is 22.3. The van der Waals surface area contributed by atoms with Crippen LogP contribution >= 0.6 is 0 Å². The number of benzene rings is 1. The van der Waals surface area contributed by atoms with Gasteiger partial charge in [0.2, 0.25) is 17.7 Å². The van der Waals surface area contributed by atoms with Gasteiger partial charge in [0.1, 0.15) is 5.75 Å². The zero-order chi connectivity index (χ0) is 23.4. The SMILES string of the molecule is CCOc1ccc(CNC(=O)COc2ccc3c(C4CCC(=O)NC4=O)nn(C)c3c2)cn1. The van der Waals surface area contributed by atoms with Crippen molar-refractivity contribution in [1.82, 2.24) is 25.4 Å². The molecular formula is C23H25N5O5. The summed E-state index contributed by atoms with van der Waals surface area (Å²) in [6, 6.07) is 8.94. The van der Waals surface area contributed by atoms with Crippen LogP contribution in [0.3, 0.4) is 0 Å². The number of ether oxygens (including phenoxy) is 2. The molecule has 1 saturated heterocycles. The number of piperidine rings is 1. The number of hydrogen-bond donors (Lipinski definition) is 2. The van der Waals surface area contributed by atoms with Gasteiger partial charge in [0.15, 0.2) is 6.61 Å². The molecule has 3 amide bonds. The summed E-state index contributed by atoms with van der Waals surface area (Å²) in [4.78, 5) is 40.1. The average Bonchev–Trinajstić information content (AvgIpc) is 3.13. The Kier molecular flexibility index (Phi) is 6.53. The van der Waals surface area contributed by atoms with Crippen LogP contribution in [0.1, 0.15) is 36.9 Å². The van der Waals surface area contributed by atoms with E-state index in [1.807, 2.05) is 19.1 Å². The van der Waals surface area contributed by atoms with Crippen LogP contribution in [0.25, 0.3) is 10.9 Å². The fraction of sp³-hybridized carbons (Fsp3) is 0.348. The van der Waals surface area contributed by atoms with Gasteiger partial charge in [0.05, 0.1) is 23.7 Å². The molecule has 0 radical (unpaired) electrons. The van der Waals surface area contributed by atoms with Crippen molar-refractivity contribution in [2.24, 2.45) is 7.05 Å². The molecule has 1 aliphatic rings. The summed E-state index contributed by atoms with van der Waals surface area (Å²) in [6.07, 6.45) is 2.37. The van der Waals surface area contributed by atoms with Gasteiger partial charge < -0.3 is 14.8 Å². The highest BCUT2D eigenvalue weighted by Gasteiger charge is 2.31. The minimum absolute atomic E-state index is 0.145. The lowest BCUT2D eigenvalue weighted by atomic mass is 9.93. The molecule has 0 saturated carbocycles. The van der Waals surface area contributed by atoms with E-state index < -0.39 is 5.92 Å². The van der Waals surface area contributed by atoms with Crippen molar-refractivity contribution >= 4 is 28.6 Å². The van der Waals surface area contributed by atoms with Crippen LogP contribution < -0.4 is 20.1 Å². The predicted octanol–water partition coefficient (Wildman–Crippen LogP) is 1.58. The first-order chi connectivity index (χ1) is 15.9. The number of carbonyl (C=O) groups is 3. The van der Waals surface area contributed by atoms with E-state index in [0.29, 0.717) is 36.9 Å². The minimum Gasteiger partial charge on any atom is -0.484 e. The Morgan fingerprint density at radius 3 is 2.82 bits per heavy atom. The predicted molar refractivity (Wildman–Crippen MR) is 119 cm³/mol. The fourth-order valence-electron chi connectivity index (χ4n) is 3.72. The van der Waals surface area contributed by atoms with Gasteiger partial charge in [-0.3, -0.25) is 24.4 Å². The number of amides is 3. The van der Waals surface area contributed by atoms with E-state index in [9.17, 15) is 14.4 Å². The Morgan fingerprint density at radius 2 is 2.09 bits per heavy atom. The monoisotopic (exact) mass is 451 g/mol. The Hall–Kier alpha value is -3.95. The number of aryl methyl sites for hydroxylation is 1. The quantitative estimate of drug-likeness (QED) is 0.498. The molecule has 2 aromatic heterocycles. The maximum Gasteiger partial charge on any atom is 0.258 e. The summed E-state index contributed by atoms with van der Waals surface area (Å²) in [5, 5.41) is 10.5. The second kappa shape index (κ2) is 9.68. The van der Waals surface area contributed by atoms with Crippen molar-refractivity contribution in [2.45, 2.75) is 32.2 Å². The van der Waals surface area contributed by atoms with E-state index in [-0.39, 0.29) is 30.7 Å². The van der Waals surface area contributed by atoms with E-state index in [4.69, 9.17) is 9.47 Å². The van der Waals surface area contributed by atoms with Crippen LogP contribution in [0.5, 0.6) is 11.6 Å². The summed E-state index contributed by atoms with van der Waals surface area (Å²) in [5.74, 6) is -0.269. The minimum atomic E-state index is -0.471. The highest BCUT2D eigenvalue weighted by molar-refractivity contribution is 6.02. The number of fused-ring (bicyclic) bond motifs is 1. The van der Waals surface area contributed by atoms with Gasteiger partial charge in [-0.25, -0.2) is 4.98 Å². The molecule has 3 heterocycles. The molecule has 4 rings (SSSR count). The molecule has 0 bridgehead atoms. The number of imide groups is 1. The van der Waals surface area contributed by atoms with Gasteiger partial charge in [-0.1, -0.05) is 6.07 Å². The number of rotatable bonds is 8. The molecule has 1 unspecified atom stereocenters. The smallest absolute Gasteiger partial charge is 0.258 e. The molecule has 1 aliphatic heterocycles. The van der Waals surface area contributed by atoms with Crippen molar-refractivity contribution in [3.05, 3.63) is 47.8 Å². The molecule has 1 atom stereocenters. The largest absolute Gasteiger partial charge is 0.484 e. The standard InChI is InChI=1S/C23H25N5O5/c1-3-32-21-9-4-14(12-25-21)11-24-20(30)13-33-15-5-6-16-18(10-15)28(2)27-22(16)17-7-8-19(29)26-23(17)31/h4-6,9-10,12,17H,3,7-8,11,13H2,1-2H3,(H,24,30)(H,26,29,31). The van der Waals surface area contributed by atoms with Gasteiger partial charge >= 0.3 is 0 Å². The molecule has 3 aromatic rings. The normalized spacial score (nSPS) is 15.9. The molecule has 10 nitrogen and oxygen atoms in total. The highest BCUT2D eigenvalue weighted by Crippen LogP contribution is 2.31. The maximum atomic E-state index is 12.3. The summed E-state index contributed by atoms with van der Waals surface area (Å²) in [5.41, 5.74) is 2.25. The first-order valence-electron chi connectivity index (χ1n) is 10.7. The number of nitrogens with zero attached hydrogens (tertiary/aromatic N) is 3. The summed E-state index contributed by atoms with van der Waals surface area (Å²) < 4.78 is 12.6. The van der Waals surface area contributed by atoms with Crippen molar-refractivity contribution < 1.29 is 23.9 Å². The summed E-state index contributed by atoms with van der Waals surface area (Å²) >= 11 is 0. The van der Waals surface area contributed by atoms with Crippen LogP contribution in [-0.4, -0.2) is 45.7 Å². The van der Waals surface area contributed by atoms with Crippen molar-refractivity contribution in [3.63, 3.8) is 0 Å². The van der Waals surface area contributed by atoms with E-state index in [2.05, 4.69) is 20.7 Å². The first-order valence-corrected chi connectivity index (χ1v) is 10.7. The molecule has 172 valence electrons. The second-order valence-electron chi connectivity index (χ2n) is 7.69. The fourth-order valence-corrected chi connectivity index (χ4v) is 3.72. The summed E-state index contributed by atoms with van der Waals surface area (Å²) in [6.45, 7) is 2.62. The lowest BCUT2D eigenvalue weighted by Gasteiger charge is -2.19. The van der Waals surface area contributed by atoms with E-state index in [1.54, 1.807) is 36.1 Å². The third kappa shape index (κ3) is 5.11. The Morgan fingerprint density at radius 1 is 1.24 bits per heavy atom. The van der Waals surface area contributed by atoms with Crippen LogP contribution in [0.2, 0.25) is 0 Å². The molecule has 0 spiro atoms. The Balaban J connectivity index is 1.36. The lowest BCUT2D eigenvalue weighted by Crippen LogP contribution is -2.39. The van der Waals surface area contributed by atoms with Crippen molar-refractivity contribution in [1.29, 1.82) is 0 Å². The van der Waals surface area contributed by atoms with Gasteiger partial charge in [0, 0.05) is 43.7 Å². The van der Waals surface area contributed by atoms with Gasteiger partial charge in [-0.15, -0.1) is 0 Å².